The number of nitrogens with one attached hydrogen (secondary N) is 1. The maximum atomic E-state index is 3.15. The highest BCUT2D eigenvalue weighted by molar-refractivity contribution is 7.99. The Hall–Kier alpha value is 0.270. The summed E-state index contributed by atoms with van der Waals surface area (Å²) in [6, 6.07) is 0. The standard InChI is InChI=1S/C6H14N2S/c1-6-5-8(7-2)3-4-9-6/h6-7H,3-5H2,1-2H3/t6-/m1/s1. The molecule has 1 rings (SSSR count). The molecular weight excluding hydrogens is 132 g/mol. The summed E-state index contributed by atoms with van der Waals surface area (Å²) in [7, 11) is 1.99. The molecule has 2 nitrogen and oxygen atoms in total. The van der Waals surface area contributed by atoms with Gasteiger partial charge in [-0.3, -0.25) is 5.43 Å². The van der Waals surface area contributed by atoms with Gasteiger partial charge >= 0.3 is 0 Å². The van der Waals surface area contributed by atoms with Crippen molar-refractivity contribution < 1.29 is 0 Å². The third-order valence-electron chi connectivity index (χ3n) is 1.56. The van der Waals surface area contributed by atoms with Crippen LogP contribution >= 0.6 is 11.8 Å². The summed E-state index contributed by atoms with van der Waals surface area (Å²) in [5, 5.41) is 3.06. The molecular formula is C6H14N2S. The molecule has 1 saturated heterocycles. The fourth-order valence-corrected chi connectivity index (χ4v) is 2.04. The number of hydrazine groups is 1. The molecule has 0 amide bonds. The lowest BCUT2D eigenvalue weighted by Gasteiger charge is -2.29. The van der Waals surface area contributed by atoms with Gasteiger partial charge < -0.3 is 0 Å². The largest absolute Gasteiger partial charge is 0.258 e. The van der Waals surface area contributed by atoms with Crippen LogP contribution in [0.25, 0.3) is 0 Å². The molecule has 3 heteroatoms. The van der Waals surface area contributed by atoms with Gasteiger partial charge in [0.25, 0.3) is 0 Å². The SMILES string of the molecule is CNN1CCS[C@H](C)C1. The third kappa shape index (κ3) is 2.16. The zero-order chi connectivity index (χ0) is 6.69. The van der Waals surface area contributed by atoms with Crippen LogP contribution in [-0.4, -0.2) is 36.1 Å². The Morgan fingerprint density at radius 1 is 1.67 bits per heavy atom. The third-order valence-corrected chi connectivity index (χ3v) is 2.69. The van der Waals surface area contributed by atoms with Crippen LogP contribution in [0.3, 0.4) is 0 Å². The normalized spacial score (nSPS) is 30.7. The Morgan fingerprint density at radius 3 is 2.89 bits per heavy atom. The second-order valence-corrected chi connectivity index (χ2v) is 3.90. The Bertz CT molecular complexity index is 87.1. The van der Waals surface area contributed by atoms with Crippen molar-refractivity contribution in [3.63, 3.8) is 0 Å². The van der Waals surface area contributed by atoms with Crippen molar-refractivity contribution in [1.29, 1.82) is 0 Å². The highest BCUT2D eigenvalue weighted by Crippen LogP contribution is 2.15. The first kappa shape index (κ1) is 7.38. The first-order chi connectivity index (χ1) is 4.33. The molecule has 0 bridgehead atoms. The lowest BCUT2D eigenvalue weighted by atomic mass is 10.4. The van der Waals surface area contributed by atoms with Gasteiger partial charge in [0.2, 0.25) is 0 Å². The molecule has 1 aliphatic rings. The molecule has 0 aromatic carbocycles. The molecule has 0 unspecified atom stereocenters. The molecule has 1 atom stereocenters. The van der Waals surface area contributed by atoms with E-state index >= 15 is 0 Å². The molecule has 1 aliphatic heterocycles. The first-order valence-corrected chi connectivity index (χ1v) is 4.41. The van der Waals surface area contributed by atoms with Crippen LogP contribution < -0.4 is 5.43 Å². The second kappa shape index (κ2) is 3.44. The maximum absolute atomic E-state index is 3.15. The smallest absolute Gasteiger partial charge is 0.0247 e. The number of hydrogen-bond donors (Lipinski definition) is 1. The topological polar surface area (TPSA) is 15.3 Å². The molecule has 0 aromatic heterocycles. The van der Waals surface area contributed by atoms with E-state index in [1.165, 1.54) is 18.8 Å². The summed E-state index contributed by atoms with van der Waals surface area (Å²) >= 11 is 2.06. The Labute approximate surface area is 61.0 Å². The minimum absolute atomic E-state index is 0.797. The van der Waals surface area contributed by atoms with E-state index in [4.69, 9.17) is 0 Å². The molecule has 0 radical (unpaired) electrons. The maximum Gasteiger partial charge on any atom is 0.0247 e. The molecule has 1 heterocycles. The minimum Gasteiger partial charge on any atom is -0.258 e. The summed E-state index contributed by atoms with van der Waals surface area (Å²) in [6.45, 7) is 4.64. The Morgan fingerprint density at radius 2 is 2.44 bits per heavy atom. The molecule has 1 fully saturated rings. The van der Waals surface area contributed by atoms with E-state index in [0.717, 1.165) is 5.25 Å². The predicted molar refractivity (Wildman–Crippen MR) is 42.6 cm³/mol. The molecule has 0 aromatic rings. The summed E-state index contributed by atoms with van der Waals surface area (Å²) in [6.07, 6.45) is 0. The predicted octanol–water partition coefficient (Wildman–Crippen LogP) is 0.558. The van der Waals surface area contributed by atoms with Crippen molar-refractivity contribution >= 4 is 11.8 Å². The van der Waals surface area contributed by atoms with Crippen LogP contribution in [0.4, 0.5) is 0 Å². The average molecular weight is 146 g/mol. The van der Waals surface area contributed by atoms with E-state index in [-0.39, 0.29) is 0 Å². The van der Waals surface area contributed by atoms with E-state index in [2.05, 4.69) is 29.1 Å². The van der Waals surface area contributed by atoms with Crippen LogP contribution in [0.2, 0.25) is 0 Å². The molecule has 1 N–H and O–H groups in total. The lowest BCUT2D eigenvalue weighted by molar-refractivity contribution is 0.218. The molecule has 0 saturated carbocycles. The lowest BCUT2D eigenvalue weighted by Crippen LogP contribution is -2.43. The zero-order valence-corrected chi connectivity index (χ0v) is 6.87. The molecule has 0 aliphatic carbocycles. The Balaban J connectivity index is 2.23. The van der Waals surface area contributed by atoms with E-state index < -0.39 is 0 Å². The van der Waals surface area contributed by atoms with Crippen molar-refractivity contribution in [3.8, 4) is 0 Å². The van der Waals surface area contributed by atoms with Gasteiger partial charge in [0.05, 0.1) is 0 Å². The minimum atomic E-state index is 0.797. The van der Waals surface area contributed by atoms with Crippen LogP contribution in [0, 0.1) is 0 Å². The van der Waals surface area contributed by atoms with Gasteiger partial charge in [-0.2, -0.15) is 11.8 Å². The van der Waals surface area contributed by atoms with Crippen molar-refractivity contribution in [2.75, 3.05) is 25.9 Å². The van der Waals surface area contributed by atoms with Gasteiger partial charge in [-0.15, -0.1) is 0 Å². The van der Waals surface area contributed by atoms with E-state index in [1.54, 1.807) is 0 Å². The summed E-state index contributed by atoms with van der Waals surface area (Å²) in [5.74, 6) is 1.27. The molecule has 9 heavy (non-hydrogen) atoms. The van der Waals surface area contributed by atoms with Crippen LogP contribution in [0.5, 0.6) is 0 Å². The van der Waals surface area contributed by atoms with E-state index in [9.17, 15) is 0 Å². The van der Waals surface area contributed by atoms with Crippen LogP contribution in [0.15, 0.2) is 0 Å². The number of thioether (sulfide) groups is 1. The monoisotopic (exact) mass is 146 g/mol. The fraction of sp³-hybridized carbons (Fsp3) is 1.00. The fourth-order valence-electron chi connectivity index (χ4n) is 1.02. The highest BCUT2D eigenvalue weighted by Gasteiger charge is 2.13. The van der Waals surface area contributed by atoms with Crippen LogP contribution in [0.1, 0.15) is 6.92 Å². The highest BCUT2D eigenvalue weighted by atomic mass is 32.2. The van der Waals surface area contributed by atoms with Gasteiger partial charge in [0, 0.05) is 24.1 Å². The first-order valence-electron chi connectivity index (χ1n) is 3.37. The quantitative estimate of drug-likeness (QED) is 0.582. The van der Waals surface area contributed by atoms with Gasteiger partial charge in [0.15, 0.2) is 0 Å². The second-order valence-electron chi connectivity index (χ2n) is 2.35. The molecule has 0 spiro atoms. The van der Waals surface area contributed by atoms with Crippen molar-refractivity contribution in [2.45, 2.75) is 12.2 Å². The number of nitrogens with zero attached hydrogens (tertiary/aromatic N) is 1. The molecule has 54 valence electrons. The van der Waals surface area contributed by atoms with Crippen LogP contribution in [-0.2, 0) is 0 Å². The van der Waals surface area contributed by atoms with Gasteiger partial charge in [-0.05, 0) is 7.05 Å². The number of hydrogen-bond acceptors (Lipinski definition) is 3. The van der Waals surface area contributed by atoms with Crippen molar-refractivity contribution in [1.82, 2.24) is 10.4 Å². The summed E-state index contributed by atoms with van der Waals surface area (Å²) in [5.41, 5.74) is 3.15. The van der Waals surface area contributed by atoms with E-state index in [1.807, 2.05) is 7.05 Å². The summed E-state index contributed by atoms with van der Waals surface area (Å²) < 4.78 is 0. The summed E-state index contributed by atoms with van der Waals surface area (Å²) in [4.78, 5) is 0. The van der Waals surface area contributed by atoms with Gasteiger partial charge in [-0.1, -0.05) is 6.92 Å². The van der Waals surface area contributed by atoms with Gasteiger partial charge in [-0.25, -0.2) is 5.01 Å². The van der Waals surface area contributed by atoms with E-state index in [0.29, 0.717) is 0 Å². The van der Waals surface area contributed by atoms with Crippen molar-refractivity contribution in [2.24, 2.45) is 0 Å². The average Bonchev–Trinajstić information content (AvgIpc) is 1.88. The number of rotatable bonds is 1. The zero-order valence-electron chi connectivity index (χ0n) is 6.05. The Kier molecular flexibility index (Phi) is 2.82. The van der Waals surface area contributed by atoms with Gasteiger partial charge in [0.1, 0.15) is 0 Å². The van der Waals surface area contributed by atoms with Crippen molar-refractivity contribution in [3.05, 3.63) is 0 Å².